The number of hydrogen-bond acceptors (Lipinski definition) is 6. The molecule has 0 saturated carbocycles. The molecular weight excluding hydrogens is 450 g/mol. The van der Waals surface area contributed by atoms with Crippen LogP contribution in [0.15, 0.2) is 48.5 Å². The first kappa shape index (κ1) is 22.5. The molecule has 0 bridgehead atoms. The lowest BCUT2D eigenvalue weighted by molar-refractivity contribution is 0.194. The van der Waals surface area contributed by atoms with Crippen molar-refractivity contribution in [3.05, 3.63) is 76.7 Å². The van der Waals surface area contributed by atoms with E-state index >= 15 is 0 Å². The van der Waals surface area contributed by atoms with E-state index in [0.29, 0.717) is 12.2 Å². The van der Waals surface area contributed by atoms with Crippen molar-refractivity contribution in [3.8, 4) is 22.5 Å². The van der Waals surface area contributed by atoms with Crippen LogP contribution in [0.2, 0.25) is 0 Å². The highest BCUT2D eigenvalue weighted by molar-refractivity contribution is 5.81. The minimum atomic E-state index is -0.433. The van der Waals surface area contributed by atoms with Crippen LogP contribution in [-0.2, 0) is 19.3 Å². The van der Waals surface area contributed by atoms with E-state index in [4.69, 9.17) is 9.97 Å². The SMILES string of the molecule is CCc1nc2c(C)cc(CC(C)O)nc2n1C1CCc2cc(-c3ccccc3-c3nnn[nH]3)ccc21. The van der Waals surface area contributed by atoms with Gasteiger partial charge in [-0.3, -0.25) is 0 Å². The first-order valence-electron chi connectivity index (χ1n) is 12.5. The average Bonchev–Trinajstić information content (AvgIpc) is 3.62. The Morgan fingerprint density at radius 2 is 1.94 bits per heavy atom. The highest BCUT2D eigenvalue weighted by Crippen LogP contribution is 2.40. The third-order valence-corrected chi connectivity index (χ3v) is 7.13. The number of imidazole rings is 1. The van der Waals surface area contributed by atoms with Crippen molar-refractivity contribution in [2.45, 2.75) is 58.6 Å². The lowest BCUT2D eigenvalue weighted by Gasteiger charge is -2.18. The van der Waals surface area contributed by atoms with Gasteiger partial charge in [0.25, 0.3) is 0 Å². The van der Waals surface area contributed by atoms with Crippen molar-refractivity contribution >= 4 is 11.2 Å². The molecule has 2 N–H and O–H groups in total. The van der Waals surface area contributed by atoms with Gasteiger partial charge in [-0.05, 0) is 71.0 Å². The quantitative estimate of drug-likeness (QED) is 0.369. The second kappa shape index (κ2) is 8.95. The van der Waals surface area contributed by atoms with Crippen molar-refractivity contribution < 1.29 is 5.11 Å². The number of H-pyrrole nitrogens is 1. The summed E-state index contributed by atoms with van der Waals surface area (Å²) in [6.45, 7) is 6.04. The maximum Gasteiger partial charge on any atom is 0.180 e. The fourth-order valence-electron chi connectivity index (χ4n) is 5.56. The average molecular weight is 480 g/mol. The lowest BCUT2D eigenvalue weighted by atomic mass is 9.96. The molecule has 8 heteroatoms. The molecule has 0 spiro atoms. The van der Waals surface area contributed by atoms with E-state index in [2.05, 4.69) is 69.4 Å². The highest BCUT2D eigenvalue weighted by atomic mass is 16.3. The number of nitrogens with one attached hydrogen (secondary N) is 1. The molecule has 1 aliphatic carbocycles. The predicted molar refractivity (Wildman–Crippen MR) is 139 cm³/mol. The zero-order chi connectivity index (χ0) is 24.8. The Kier molecular flexibility index (Phi) is 5.60. The fourth-order valence-corrected chi connectivity index (χ4v) is 5.56. The Morgan fingerprint density at radius 1 is 1.11 bits per heavy atom. The van der Waals surface area contributed by atoms with E-state index in [1.807, 2.05) is 18.2 Å². The van der Waals surface area contributed by atoms with Crippen LogP contribution < -0.4 is 0 Å². The molecule has 0 fully saturated rings. The summed E-state index contributed by atoms with van der Waals surface area (Å²) in [5.41, 5.74) is 9.81. The van der Waals surface area contributed by atoms with Crippen LogP contribution in [0.4, 0.5) is 0 Å². The normalized spacial score (nSPS) is 15.9. The minimum Gasteiger partial charge on any atom is -0.393 e. The van der Waals surface area contributed by atoms with Crippen LogP contribution in [0.3, 0.4) is 0 Å². The van der Waals surface area contributed by atoms with Crippen LogP contribution in [0.25, 0.3) is 33.7 Å². The second-order valence-corrected chi connectivity index (χ2v) is 9.67. The summed E-state index contributed by atoms with van der Waals surface area (Å²) >= 11 is 0. The second-order valence-electron chi connectivity index (χ2n) is 9.67. The van der Waals surface area contributed by atoms with Crippen LogP contribution in [-0.4, -0.2) is 46.4 Å². The van der Waals surface area contributed by atoms with E-state index < -0.39 is 6.10 Å². The summed E-state index contributed by atoms with van der Waals surface area (Å²) in [7, 11) is 0. The largest absolute Gasteiger partial charge is 0.393 e. The first-order valence-corrected chi connectivity index (χ1v) is 12.5. The number of hydrogen-bond donors (Lipinski definition) is 2. The highest BCUT2D eigenvalue weighted by Gasteiger charge is 2.29. The van der Waals surface area contributed by atoms with E-state index in [9.17, 15) is 5.11 Å². The van der Waals surface area contributed by atoms with Gasteiger partial charge in [-0.25, -0.2) is 15.1 Å². The molecule has 2 atom stereocenters. The van der Waals surface area contributed by atoms with E-state index in [1.54, 1.807) is 6.92 Å². The molecule has 182 valence electrons. The number of aromatic amines is 1. The maximum absolute atomic E-state index is 9.96. The van der Waals surface area contributed by atoms with Crippen LogP contribution in [0.5, 0.6) is 0 Å². The van der Waals surface area contributed by atoms with E-state index in [0.717, 1.165) is 64.2 Å². The summed E-state index contributed by atoms with van der Waals surface area (Å²) in [6, 6.07) is 17.2. The Morgan fingerprint density at radius 3 is 2.69 bits per heavy atom. The number of nitrogens with zero attached hydrogens (tertiary/aromatic N) is 6. The molecular formula is C28H29N7O. The number of fused-ring (bicyclic) bond motifs is 2. The Bertz CT molecular complexity index is 1550. The maximum atomic E-state index is 9.96. The molecule has 0 amide bonds. The van der Waals surface area contributed by atoms with Crippen molar-refractivity contribution in [2.75, 3.05) is 0 Å². The monoisotopic (exact) mass is 479 g/mol. The number of benzene rings is 2. The summed E-state index contributed by atoms with van der Waals surface area (Å²) in [5.74, 6) is 1.72. The summed E-state index contributed by atoms with van der Waals surface area (Å²) in [4.78, 5) is 9.98. The topological polar surface area (TPSA) is 105 Å². The number of aliphatic hydroxyl groups is 1. The van der Waals surface area contributed by atoms with E-state index in [-0.39, 0.29) is 6.04 Å². The number of aromatic nitrogens is 7. The van der Waals surface area contributed by atoms with Gasteiger partial charge in [-0.15, -0.1) is 5.10 Å². The summed E-state index contributed by atoms with van der Waals surface area (Å²) in [6.07, 6.45) is 2.94. The zero-order valence-corrected chi connectivity index (χ0v) is 20.7. The smallest absolute Gasteiger partial charge is 0.180 e. The molecule has 1 aliphatic rings. The van der Waals surface area contributed by atoms with Gasteiger partial charge in [-0.2, -0.15) is 0 Å². The van der Waals surface area contributed by atoms with Crippen LogP contribution in [0.1, 0.15) is 54.5 Å². The van der Waals surface area contributed by atoms with Gasteiger partial charge in [0.1, 0.15) is 11.3 Å². The molecule has 0 aliphatic heterocycles. The third kappa shape index (κ3) is 3.78. The molecule has 0 saturated heterocycles. The Hall–Kier alpha value is -3.91. The van der Waals surface area contributed by atoms with Gasteiger partial charge in [0, 0.05) is 24.1 Å². The zero-order valence-electron chi connectivity index (χ0n) is 20.7. The number of aryl methyl sites for hydroxylation is 3. The number of tetrazole rings is 1. The molecule has 36 heavy (non-hydrogen) atoms. The Balaban J connectivity index is 1.44. The fraction of sp³-hybridized carbons (Fsp3) is 0.321. The number of rotatable bonds is 6. The molecule has 6 rings (SSSR count). The molecule has 2 aromatic carbocycles. The molecule has 3 aromatic heterocycles. The van der Waals surface area contributed by atoms with Gasteiger partial charge in [0.2, 0.25) is 0 Å². The summed E-state index contributed by atoms with van der Waals surface area (Å²) < 4.78 is 2.34. The molecule has 3 heterocycles. The van der Waals surface area contributed by atoms with Crippen molar-refractivity contribution in [1.82, 2.24) is 35.2 Å². The molecule has 0 radical (unpaired) electrons. The number of aliphatic hydroxyl groups excluding tert-OH is 1. The summed E-state index contributed by atoms with van der Waals surface area (Å²) in [5, 5.41) is 24.5. The molecule has 8 nitrogen and oxygen atoms in total. The van der Waals surface area contributed by atoms with Gasteiger partial charge in [-0.1, -0.05) is 49.4 Å². The minimum absolute atomic E-state index is 0.191. The molecule has 2 unspecified atom stereocenters. The van der Waals surface area contributed by atoms with Crippen molar-refractivity contribution in [3.63, 3.8) is 0 Å². The Labute approximate surface area is 209 Å². The van der Waals surface area contributed by atoms with Crippen molar-refractivity contribution in [2.24, 2.45) is 0 Å². The van der Waals surface area contributed by atoms with E-state index in [1.165, 1.54) is 11.1 Å². The van der Waals surface area contributed by atoms with Crippen LogP contribution >= 0.6 is 0 Å². The standard InChI is InChI=1S/C28H29N7O/c1-4-25-30-26-16(2)13-20(14-17(3)36)29-28(26)35(25)24-12-10-19-15-18(9-11-22(19)24)21-7-5-6-8-23(21)27-31-33-34-32-27/h5-9,11,13,15,17,24,36H,4,10,12,14H2,1-3H3,(H,31,32,33,34). The number of pyridine rings is 1. The van der Waals surface area contributed by atoms with Crippen LogP contribution in [0, 0.1) is 6.92 Å². The first-order chi connectivity index (χ1) is 17.5. The third-order valence-electron chi connectivity index (χ3n) is 7.13. The van der Waals surface area contributed by atoms with Crippen molar-refractivity contribution in [1.29, 1.82) is 0 Å². The van der Waals surface area contributed by atoms with Gasteiger partial charge < -0.3 is 9.67 Å². The lowest BCUT2D eigenvalue weighted by Crippen LogP contribution is -2.13. The van der Waals surface area contributed by atoms with Gasteiger partial charge >= 0.3 is 0 Å². The van der Waals surface area contributed by atoms with Gasteiger partial charge in [0.05, 0.1) is 12.1 Å². The predicted octanol–water partition coefficient (Wildman–Crippen LogP) is 4.61. The molecule has 5 aromatic rings. The van der Waals surface area contributed by atoms with Gasteiger partial charge in [0.15, 0.2) is 11.5 Å².